The van der Waals surface area contributed by atoms with Gasteiger partial charge in [-0.25, -0.2) is 4.98 Å². The first kappa shape index (κ1) is 11.5. The number of carbonyl (C=O) groups is 1. The van der Waals surface area contributed by atoms with Crippen LogP contribution in [0, 0.1) is 0 Å². The van der Waals surface area contributed by atoms with Crippen LogP contribution < -0.4 is 5.32 Å². The van der Waals surface area contributed by atoms with E-state index in [-0.39, 0.29) is 11.9 Å². The van der Waals surface area contributed by atoms with Crippen molar-refractivity contribution in [2.24, 2.45) is 0 Å². The first-order valence-corrected chi connectivity index (χ1v) is 6.48. The van der Waals surface area contributed by atoms with Crippen molar-refractivity contribution in [1.29, 1.82) is 0 Å². The third-order valence-electron chi connectivity index (χ3n) is 2.64. The molecule has 1 aliphatic heterocycles. The lowest BCUT2D eigenvalue weighted by Gasteiger charge is -2.17. The fourth-order valence-corrected chi connectivity index (χ4v) is 2.58. The molecule has 1 unspecified atom stereocenters. The third kappa shape index (κ3) is 2.59. The summed E-state index contributed by atoms with van der Waals surface area (Å²) in [6.07, 6.45) is 2.69. The number of likely N-dealkylation sites (tertiary alicyclic amines) is 1. The largest absolute Gasteiger partial charge is 0.335 e. The van der Waals surface area contributed by atoms with Crippen LogP contribution in [0.5, 0.6) is 0 Å². The van der Waals surface area contributed by atoms with Gasteiger partial charge in [-0.15, -0.1) is 11.3 Å². The van der Waals surface area contributed by atoms with Gasteiger partial charge in [-0.1, -0.05) is 13.8 Å². The molecule has 1 aromatic rings. The summed E-state index contributed by atoms with van der Waals surface area (Å²) in [6.45, 7) is 5.63. The average molecular weight is 239 g/mol. The second kappa shape index (κ2) is 4.93. The van der Waals surface area contributed by atoms with Crippen LogP contribution in [-0.4, -0.2) is 34.4 Å². The molecule has 2 rings (SSSR count). The van der Waals surface area contributed by atoms with E-state index in [1.54, 1.807) is 17.5 Å². The highest BCUT2D eigenvalue weighted by molar-refractivity contribution is 7.09. The molecule has 1 saturated heterocycles. The maximum Gasteiger partial charge on any atom is 0.240 e. The quantitative estimate of drug-likeness (QED) is 0.860. The van der Waals surface area contributed by atoms with Crippen molar-refractivity contribution in [3.63, 3.8) is 0 Å². The maximum absolute atomic E-state index is 12.0. The standard InChI is InChI=1S/C11H17N3OS/c1-8(2)13-9-3-5-14(11(9)15)7-10-12-4-6-16-10/h4,6,8-9,13H,3,5,7H2,1-2H3. The zero-order valence-corrected chi connectivity index (χ0v) is 10.5. The molecule has 0 radical (unpaired) electrons. The summed E-state index contributed by atoms with van der Waals surface area (Å²) in [5.41, 5.74) is 0. The topological polar surface area (TPSA) is 45.2 Å². The molecule has 0 bridgehead atoms. The summed E-state index contributed by atoms with van der Waals surface area (Å²) >= 11 is 1.60. The maximum atomic E-state index is 12.0. The van der Waals surface area contributed by atoms with Crippen molar-refractivity contribution in [3.05, 3.63) is 16.6 Å². The Hall–Kier alpha value is -0.940. The third-order valence-corrected chi connectivity index (χ3v) is 3.41. The van der Waals surface area contributed by atoms with Gasteiger partial charge in [-0.2, -0.15) is 0 Å². The van der Waals surface area contributed by atoms with Crippen molar-refractivity contribution < 1.29 is 4.79 Å². The molecule has 5 heteroatoms. The lowest BCUT2D eigenvalue weighted by atomic mass is 10.2. The number of aromatic nitrogens is 1. The Kier molecular flexibility index (Phi) is 3.56. The van der Waals surface area contributed by atoms with Crippen LogP contribution in [-0.2, 0) is 11.3 Å². The Morgan fingerprint density at radius 3 is 3.12 bits per heavy atom. The van der Waals surface area contributed by atoms with Crippen molar-refractivity contribution >= 4 is 17.2 Å². The van der Waals surface area contributed by atoms with E-state index in [9.17, 15) is 4.79 Å². The highest BCUT2D eigenvalue weighted by Gasteiger charge is 2.31. The van der Waals surface area contributed by atoms with Crippen LogP contribution in [0.3, 0.4) is 0 Å². The minimum atomic E-state index is -0.0000350. The van der Waals surface area contributed by atoms with Crippen LogP contribution >= 0.6 is 11.3 Å². The number of hydrogen-bond acceptors (Lipinski definition) is 4. The van der Waals surface area contributed by atoms with Crippen LogP contribution in [0.4, 0.5) is 0 Å². The minimum absolute atomic E-state index is 0.0000350. The Morgan fingerprint density at radius 1 is 1.69 bits per heavy atom. The zero-order valence-electron chi connectivity index (χ0n) is 9.64. The Morgan fingerprint density at radius 2 is 2.50 bits per heavy atom. The molecule has 0 aliphatic carbocycles. The fourth-order valence-electron chi connectivity index (χ4n) is 1.95. The Labute approximate surface area is 99.7 Å². The summed E-state index contributed by atoms with van der Waals surface area (Å²) in [4.78, 5) is 18.1. The van der Waals surface area contributed by atoms with Crippen molar-refractivity contribution in [2.75, 3.05) is 6.54 Å². The second-order valence-electron chi connectivity index (χ2n) is 4.35. The monoisotopic (exact) mass is 239 g/mol. The normalized spacial score (nSPS) is 21.1. The fraction of sp³-hybridized carbons (Fsp3) is 0.636. The van der Waals surface area contributed by atoms with Gasteiger partial charge in [0.15, 0.2) is 0 Å². The molecule has 4 nitrogen and oxygen atoms in total. The van der Waals surface area contributed by atoms with Gasteiger partial charge >= 0.3 is 0 Å². The molecular weight excluding hydrogens is 222 g/mol. The van der Waals surface area contributed by atoms with Crippen LogP contribution in [0.2, 0.25) is 0 Å². The first-order chi connectivity index (χ1) is 7.66. The van der Waals surface area contributed by atoms with E-state index in [0.717, 1.165) is 18.0 Å². The van der Waals surface area contributed by atoms with Gasteiger partial charge in [0.25, 0.3) is 0 Å². The van der Waals surface area contributed by atoms with Gasteiger partial charge in [-0.3, -0.25) is 4.79 Å². The number of nitrogens with one attached hydrogen (secondary N) is 1. The Bertz CT molecular complexity index is 350. The lowest BCUT2D eigenvalue weighted by Crippen LogP contribution is -2.41. The molecule has 88 valence electrons. The predicted octanol–water partition coefficient (Wildman–Crippen LogP) is 1.24. The SMILES string of the molecule is CC(C)NC1CCN(Cc2nccs2)C1=O. The molecule has 2 heterocycles. The minimum Gasteiger partial charge on any atom is -0.335 e. The highest BCUT2D eigenvalue weighted by Crippen LogP contribution is 2.16. The molecule has 0 aromatic carbocycles. The van der Waals surface area contributed by atoms with Crippen molar-refractivity contribution in [2.45, 2.75) is 38.9 Å². The molecule has 1 aliphatic rings. The van der Waals surface area contributed by atoms with Gasteiger partial charge in [0.05, 0.1) is 12.6 Å². The molecule has 1 amide bonds. The van der Waals surface area contributed by atoms with Crippen molar-refractivity contribution in [1.82, 2.24) is 15.2 Å². The number of thiazole rings is 1. The molecule has 0 saturated carbocycles. The molecule has 1 N–H and O–H groups in total. The number of hydrogen-bond donors (Lipinski definition) is 1. The summed E-state index contributed by atoms with van der Waals surface area (Å²) in [5, 5.41) is 6.25. The summed E-state index contributed by atoms with van der Waals surface area (Å²) in [5.74, 6) is 0.212. The van der Waals surface area contributed by atoms with E-state index in [1.165, 1.54) is 0 Å². The molecule has 1 atom stereocenters. The smallest absolute Gasteiger partial charge is 0.240 e. The van der Waals surface area contributed by atoms with E-state index in [1.807, 2.05) is 10.3 Å². The first-order valence-electron chi connectivity index (χ1n) is 5.60. The van der Waals surface area contributed by atoms with Crippen LogP contribution in [0.1, 0.15) is 25.3 Å². The van der Waals surface area contributed by atoms with E-state index >= 15 is 0 Å². The van der Waals surface area contributed by atoms with E-state index in [2.05, 4.69) is 24.1 Å². The van der Waals surface area contributed by atoms with E-state index in [0.29, 0.717) is 12.6 Å². The molecule has 1 aromatic heterocycles. The van der Waals surface area contributed by atoms with Crippen LogP contribution in [0.15, 0.2) is 11.6 Å². The second-order valence-corrected chi connectivity index (χ2v) is 5.33. The van der Waals surface area contributed by atoms with Gasteiger partial charge in [0.2, 0.25) is 5.91 Å². The van der Waals surface area contributed by atoms with Gasteiger partial charge < -0.3 is 10.2 Å². The lowest BCUT2D eigenvalue weighted by molar-refractivity contribution is -0.130. The average Bonchev–Trinajstić information content (AvgIpc) is 2.82. The molecule has 0 spiro atoms. The van der Waals surface area contributed by atoms with Crippen LogP contribution in [0.25, 0.3) is 0 Å². The number of rotatable bonds is 4. The van der Waals surface area contributed by atoms with Gasteiger partial charge in [0.1, 0.15) is 5.01 Å². The molecular formula is C11H17N3OS. The summed E-state index contributed by atoms with van der Waals surface area (Å²) in [7, 11) is 0. The Balaban J connectivity index is 1.92. The van der Waals surface area contributed by atoms with Gasteiger partial charge in [-0.05, 0) is 6.42 Å². The summed E-state index contributed by atoms with van der Waals surface area (Å²) < 4.78 is 0. The number of amides is 1. The summed E-state index contributed by atoms with van der Waals surface area (Å²) in [6, 6.07) is 0.355. The highest BCUT2D eigenvalue weighted by atomic mass is 32.1. The number of nitrogens with zero attached hydrogens (tertiary/aromatic N) is 2. The van der Waals surface area contributed by atoms with Crippen molar-refractivity contribution in [3.8, 4) is 0 Å². The zero-order chi connectivity index (χ0) is 11.5. The van der Waals surface area contributed by atoms with Gasteiger partial charge in [0, 0.05) is 24.2 Å². The predicted molar refractivity (Wildman–Crippen MR) is 64.2 cm³/mol. The molecule has 16 heavy (non-hydrogen) atoms. The number of carbonyl (C=O) groups excluding carboxylic acids is 1. The van der Waals surface area contributed by atoms with E-state index in [4.69, 9.17) is 0 Å². The molecule has 1 fully saturated rings. The van der Waals surface area contributed by atoms with E-state index < -0.39 is 0 Å².